The van der Waals surface area contributed by atoms with Crippen LogP contribution in [0.3, 0.4) is 0 Å². The van der Waals surface area contributed by atoms with Crippen LogP contribution in [-0.2, 0) is 16.1 Å². The van der Waals surface area contributed by atoms with Gasteiger partial charge in [0.1, 0.15) is 5.76 Å². The van der Waals surface area contributed by atoms with Crippen molar-refractivity contribution in [3.05, 3.63) is 23.7 Å². The quantitative estimate of drug-likeness (QED) is 0.818. The Balaban J connectivity index is 1.90. The molecule has 0 aliphatic carbocycles. The van der Waals surface area contributed by atoms with Gasteiger partial charge in [-0.2, -0.15) is 0 Å². The molecule has 1 fully saturated rings. The zero-order valence-electron chi connectivity index (χ0n) is 10.7. The number of nitrogens with two attached hydrogens (primary N) is 1. The summed E-state index contributed by atoms with van der Waals surface area (Å²) < 4.78 is 10.6. The van der Waals surface area contributed by atoms with Crippen molar-refractivity contribution in [2.75, 3.05) is 19.8 Å². The van der Waals surface area contributed by atoms with Crippen LogP contribution in [0.5, 0.6) is 0 Å². The molecule has 0 radical (unpaired) electrons. The first-order chi connectivity index (χ1) is 8.64. The summed E-state index contributed by atoms with van der Waals surface area (Å²) in [5.41, 5.74) is 6.17. The molecule has 1 amide bonds. The van der Waals surface area contributed by atoms with E-state index in [-0.39, 0.29) is 5.91 Å². The van der Waals surface area contributed by atoms with Crippen LogP contribution in [0.1, 0.15) is 24.2 Å². The van der Waals surface area contributed by atoms with Crippen molar-refractivity contribution in [2.45, 2.75) is 26.3 Å². The first-order valence-corrected chi connectivity index (χ1v) is 6.25. The highest BCUT2D eigenvalue weighted by Gasteiger charge is 2.37. The van der Waals surface area contributed by atoms with Crippen LogP contribution < -0.4 is 11.1 Å². The summed E-state index contributed by atoms with van der Waals surface area (Å²) in [6, 6.07) is 1.93. The van der Waals surface area contributed by atoms with Crippen LogP contribution in [0.25, 0.3) is 0 Å². The molecule has 1 saturated heterocycles. The molecule has 0 unspecified atom stereocenters. The summed E-state index contributed by atoms with van der Waals surface area (Å²) >= 11 is 0. The van der Waals surface area contributed by atoms with Gasteiger partial charge < -0.3 is 20.2 Å². The third-order valence-electron chi connectivity index (χ3n) is 3.69. The van der Waals surface area contributed by atoms with Crippen LogP contribution in [-0.4, -0.2) is 25.7 Å². The number of rotatable bonds is 5. The molecule has 0 aromatic carbocycles. The molecule has 5 heteroatoms. The number of hydrogen-bond donors (Lipinski definition) is 2. The van der Waals surface area contributed by atoms with E-state index in [2.05, 4.69) is 5.32 Å². The van der Waals surface area contributed by atoms with Crippen molar-refractivity contribution < 1.29 is 13.9 Å². The van der Waals surface area contributed by atoms with Crippen molar-refractivity contribution >= 4 is 5.91 Å². The molecule has 5 nitrogen and oxygen atoms in total. The highest BCUT2D eigenvalue weighted by Crippen LogP contribution is 2.29. The number of furan rings is 1. The van der Waals surface area contributed by atoms with Crippen molar-refractivity contribution in [1.29, 1.82) is 0 Å². The fourth-order valence-electron chi connectivity index (χ4n) is 2.27. The third-order valence-corrected chi connectivity index (χ3v) is 3.69. The second-order valence-electron chi connectivity index (χ2n) is 4.89. The molecule has 1 aromatic heterocycles. The minimum Gasteiger partial charge on any atom is -0.468 e. The zero-order valence-corrected chi connectivity index (χ0v) is 10.7. The van der Waals surface area contributed by atoms with Gasteiger partial charge in [0.05, 0.1) is 18.2 Å². The molecule has 1 aliphatic heterocycles. The largest absolute Gasteiger partial charge is 0.468 e. The van der Waals surface area contributed by atoms with Gasteiger partial charge in [0, 0.05) is 19.8 Å². The lowest BCUT2D eigenvalue weighted by Crippen LogP contribution is -2.48. The molecular formula is C13H20N2O3. The van der Waals surface area contributed by atoms with Crippen LogP contribution in [0, 0.1) is 12.3 Å². The molecule has 2 heterocycles. The fraction of sp³-hybridized carbons (Fsp3) is 0.615. The second-order valence-corrected chi connectivity index (χ2v) is 4.89. The second kappa shape index (κ2) is 5.54. The summed E-state index contributed by atoms with van der Waals surface area (Å²) in [7, 11) is 0. The molecule has 2 rings (SSSR count). The van der Waals surface area contributed by atoms with Gasteiger partial charge in [-0.15, -0.1) is 0 Å². The van der Waals surface area contributed by atoms with Crippen LogP contribution in [0.4, 0.5) is 0 Å². The van der Waals surface area contributed by atoms with Crippen molar-refractivity contribution in [3.63, 3.8) is 0 Å². The Morgan fingerprint density at radius 2 is 2.22 bits per heavy atom. The molecule has 1 aromatic rings. The summed E-state index contributed by atoms with van der Waals surface area (Å²) in [4.78, 5) is 11.6. The number of ether oxygens (including phenoxy) is 1. The number of primary amides is 1. The van der Waals surface area contributed by atoms with Gasteiger partial charge in [0.15, 0.2) is 0 Å². The third kappa shape index (κ3) is 2.73. The van der Waals surface area contributed by atoms with E-state index in [9.17, 15) is 4.79 Å². The SMILES string of the molecule is Cc1ccoc1CNCC1(C(N)=O)CCOCC1. The molecule has 100 valence electrons. The zero-order chi connectivity index (χ0) is 13.0. The van der Waals surface area contributed by atoms with Crippen LogP contribution in [0.15, 0.2) is 16.7 Å². The van der Waals surface area contributed by atoms with E-state index in [1.807, 2.05) is 13.0 Å². The predicted molar refractivity (Wildman–Crippen MR) is 66.8 cm³/mol. The monoisotopic (exact) mass is 252 g/mol. The smallest absolute Gasteiger partial charge is 0.225 e. The minimum atomic E-state index is -0.473. The maximum Gasteiger partial charge on any atom is 0.225 e. The maximum absolute atomic E-state index is 11.6. The summed E-state index contributed by atoms with van der Waals surface area (Å²) in [5.74, 6) is 0.663. The molecule has 0 atom stereocenters. The van der Waals surface area contributed by atoms with E-state index in [1.54, 1.807) is 6.26 Å². The van der Waals surface area contributed by atoms with E-state index in [1.165, 1.54) is 0 Å². The fourth-order valence-corrected chi connectivity index (χ4v) is 2.27. The topological polar surface area (TPSA) is 77.5 Å². The summed E-state index contributed by atoms with van der Waals surface area (Å²) in [5, 5.41) is 3.27. The minimum absolute atomic E-state index is 0.241. The van der Waals surface area contributed by atoms with Crippen molar-refractivity contribution in [3.8, 4) is 0 Å². The van der Waals surface area contributed by atoms with Crippen LogP contribution in [0.2, 0.25) is 0 Å². The predicted octanol–water partition coefficient (Wildman–Crippen LogP) is 0.960. The Hall–Kier alpha value is -1.33. The van der Waals surface area contributed by atoms with E-state index >= 15 is 0 Å². The Labute approximate surface area is 107 Å². The van der Waals surface area contributed by atoms with E-state index < -0.39 is 5.41 Å². The molecule has 18 heavy (non-hydrogen) atoms. The van der Waals surface area contributed by atoms with E-state index in [4.69, 9.17) is 14.9 Å². The number of carbonyl (C=O) groups excluding carboxylic acids is 1. The number of carbonyl (C=O) groups is 1. The van der Waals surface area contributed by atoms with E-state index in [0.717, 1.165) is 11.3 Å². The van der Waals surface area contributed by atoms with Crippen LogP contribution >= 0.6 is 0 Å². The average Bonchev–Trinajstić information content (AvgIpc) is 2.76. The normalized spacial score (nSPS) is 18.7. The first kappa shape index (κ1) is 13.1. The maximum atomic E-state index is 11.6. The van der Waals surface area contributed by atoms with Gasteiger partial charge in [0.2, 0.25) is 5.91 Å². The Morgan fingerprint density at radius 1 is 1.50 bits per heavy atom. The molecule has 1 aliphatic rings. The van der Waals surface area contributed by atoms with Gasteiger partial charge in [-0.1, -0.05) is 0 Å². The highest BCUT2D eigenvalue weighted by atomic mass is 16.5. The lowest BCUT2D eigenvalue weighted by molar-refractivity contribution is -0.132. The molecule has 0 bridgehead atoms. The van der Waals surface area contributed by atoms with Gasteiger partial charge >= 0.3 is 0 Å². The summed E-state index contributed by atoms with van der Waals surface area (Å²) in [6.07, 6.45) is 3.05. The van der Waals surface area contributed by atoms with Gasteiger partial charge in [0.25, 0.3) is 0 Å². The highest BCUT2D eigenvalue weighted by molar-refractivity contribution is 5.81. The molecule has 0 saturated carbocycles. The molecule has 0 spiro atoms. The molecular weight excluding hydrogens is 232 g/mol. The number of aryl methyl sites for hydroxylation is 1. The number of amides is 1. The standard InChI is InChI=1S/C13H20N2O3/c1-10-2-5-18-11(10)8-15-9-13(12(14)16)3-6-17-7-4-13/h2,5,15H,3-4,6-9H2,1H3,(H2,14,16). The average molecular weight is 252 g/mol. The number of nitrogens with one attached hydrogen (secondary N) is 1. The summed E-state index contributed by atoms with van der Waals surface area (Å²) in [6.45, 7) is 4.40. The van der Waals surface area contributed by atoms with E-state index in [0.29, 0.717) is 39.1 Å². The van der Waals surface area contributed by atoms with Crippen molar-refractivity contribution in [1.82, 2.24) is 5.32 Å². The molecule has 3 N–H and O–H groups in total. The van der Waals surface area contributed by atoms with Gasteiger partial charge in [-0.25, -0.2) is 0 Å². The lowest BCUT2D eigenvalue weighted by atomic mass is 9.79. The Bertz CT molecular complexity index is 408. The lowest BCUT2D eigenvalue weighted by Gasteiger charge is -2.34. The van der Waals surface area contributed by atoms with Crippen molar-refractivity contribution in [2.24, 2.45) is 11.1 Å². The Morgan fingerprint density at radius 3 is 2.78 bits per heavy atom. The number of hydrogen-bond acceptors (Lipinski definition) is 4. The Kier molecular flexibility index (Phi) is 4.04. The van der Waals surface area contributed by atoms with Gasteiger partial charge in [-0.3, -0.25) is 4.79 Å². The van der Waals surface area contributed by atoms with Gasteiger partial charge in [-0.05, 0) is 31.4 Å². The first-order valence-electron chi connectivity index (χ1n) is 6.25.